The summed E-state index contributed by atoms with van der Waals surface area (Å²) in [6.07, 6.45) is 0. The van der Waals surface area contributed by atoms with Crippen LogP contribution in [0.1, 0.15) is 13.8 Å². The van der Waals surface area contributed by atoms with Gasteiger partial charge in [0.1, 0.15) is 5.54 Å². The second kappa shape index (κ2) is 7.98. The predicted octanol–water partition coefficient (Wildman–Crippen LogP) is 1.73. The van der Waals surface area contributed by atoms with Crippen molar-refractivity contribution in [1.29, 1.82) is 5.26 Å². The molecule has 2 amide bonds. The van der Waals surface area contributed by atoms with Crippen molar-refractivity contribution in [1.82, 2.24) is 9.80 Å². The highest BCUT2D eigenvalue weighted by Gasteiger charge is 2.28. The molecule has 0 aromatic heterocycles. The Morgan fingerprint density at radius 1 is 1.16 bits per heavy atom. The van der Waals surface area contributed by atoms with Gasteiger partial charge < -0.3 is 10.2 Å². The summed E-state index contributed by atoms with van der Waals surface area (Å²) in [4.78, 5) is 26.5. The maximum Gasteiger partial charge on any atom is 0.238 e. The van der Waals surface area contributed by atoms with E-state index >= 15 is 0 Å². The molecule has 0 spiro atoms. The molecule has 0 atom stereocenters. The molecule has 0 saturated heterocycles. The third-order valence-corrected chi connectivity index (χ3v) is 3.61. The number of hydrogen-bond donors (Lipinski definition) is 1. The molecule has 0 aliphatic heterocycles. The lowest BCUT2D eigenvalue weighted by Gasteiger charge is -2.30. The zero-order chi connectivity index (χ0) is 19.4. The summed E-state index contributed by atoms with van der Waals surface area (Å²) in [5.74, 6) is -5.63. The summed E-state index contributed by atoms with van der Waals surface area (Å²) < 4.78 is 39.5. The predicted molar refractivity (Wildman–Crippen MR) is 84.9 cm³/mol. The van der Waals surface area contributed by atoms with E-state index < -0.39 is 34.6 Å². The first kappa shape index (κ1) is 20.4. The fourth-order valence-electron chi connectivity index (χ4n) is 1.84. The third-order valence-electron chi connectivity index (χ3n) is 3.61. The van der Waals surface area contributed by atoms with E-state index in [0.29, 0.717) is 6.07 Å². The van der Waals surface area contributed by atoms with Crippen molar-refractivity contribution in [2.24, 2.45) is 0 Å². The van der Waals surface area contributed by atoms with Gasteiger partial charge in [-0.3, -0.25) is 14.5 Å². The summed E-state index contributed by atoms with van der Waals surface area (Å²) >= 11 is 0. The molecule has 0 aliphatic carbocycles. The van der Waals surface area contributed by atoms with E-state index in [1.54, 1.807) is 13.8 Å². The summed E-state index contributed by atoms with van der Waals surface area (Å²) in [7, 11) is 2.95. The average Bonchev–Trinajstić information content (AvgIpc) is 2.54. The number of amides is 2. The van der Waals surface area contributed by atoms with Crippen LogP contribution < -0.4 is 5.32 Å². The summed E-state index contributed by atoms with van der Waals surface area (Å²) in [6, 6.07) is 3.58. The first-order valence-electron chi connectivity index (χ1n) is 7.29. The van der Waals surface area contributed by atoms with Crippen molar-refractivity contribution in [3.63, 3.8) is 0 Å². The number of carbonyl (C=O) groups is 2. The first-order chi connectivity index (χ1) is 11.5. The fraction of sp³-hybridized carbons (Fsp3) is 0.438. The number of halogens is 3. The molecular weight excluding hydrogens is 337 g/mol. The SMILES string of the molecule is CN(CC(=O)Nc1ccc(F)c(F)c1F)CC(=O)N(C)C(C)(C)C#N. The van der Waals surface area contributed by atoms with Crippen LogP contribution in [0.4, 0.5) is 18.9 Å². The molecule has 0 bridgehead atoms. The van der Waals surface area contributed by atoms with Gasteiger partial charge in [-0.1, -0.05) is 0 Å². The molecule has 0 unspecified atom stereocenters. The van der Waals surface area contributed by atoms with Gasteiger partial charge in [0.05, 0.1) is 24.8 Å². The Kier molecular flexibility index (Phi) is 6.53. The molecule has 25 heavy (non-hydrogen) atoms. The van der Waals surface area contributed by atoms with Crippen molar-refractivity contribution in [2.45, 2.75) is 19.4 Å². The zero-order valence-electron chi connectivity index (χ0n) is 14.4. The molecule has 0 radical (unpaired) electrons. The van der Waals surface area contributed by atoms with Gasteiger partial charge in [0, 0.05) is 7.05 Å². The zero-order valence-corrected chi connectivity index (χ0v) is 14.4. The van der Waals surface area contributed by atoms with Crippen LogP contribution in [0.25, 0.3) is 0 Å². The van der Waals surface area contributed by atoms with Crippen molar-refractivity contribution in [2.75, 3.05) is 32.5 Å². The minimum Gasteiger partial charge on any atom is -0.326 e. The van der Waals surface area contributed by atoms with Gasteiger partial charge in [-0.15, -0.1) is 0 Å². The second-order valence-corrected chi connectivity index (χ2v) is 6.07. The van der Waals surface area contributed by atoms with Crippen LogP contribution >= 0.6 is 0 Å². The molecule has 136 valence electrons. The van der Waals surface area contributed by atoms with Crippen LogP contribution in [-0.2, 0) is 9.59 Å². The Morgan fingerprint density at radius 3 is 2.32 bits per heavy atom. The Bertz CT molecular complexity index is 716. The van der Waals surface area contributed by atoms with Gasteiger partial charge in [0.25, 0.3) is 0 Å². The van der Waals surface area contributed by atoms with Crippen LogP contribution in [-0.4, -0.2) is 54.3 Å². The van der Waals surface area contributed by atoms with E-state index in [1.165, 1.54) is 23.9 Å². The molecule has 1 aromatic rings. The minimum absolute atomic E-state index is 0.157. The van der Waals surface area contributed by atoms with Crippen LogP contribution in [0.15, 0.2) is 12.1 Å². The minimum atomic E-state index is -1.68. The summed E-state index contributed by atoms with van der Waals surface area (Å²) in [5.41, 5.74) is -1.50. The van der Waals surface area contributed by atoms with Crippen LogP contribution in [0, 0.1) is 28.8 Å². The van der Waals surface area contributed by atoms with Crippen molar-refractivity contribution in [3.05, 3.63) is 29.6 Å². The van der Waals surface area contributed by atoms with Gasteiger partial charge in [0.15, 0.2) is 17.5 Å². The quantitative estimate of drug-likeness (QED) is 0.788. The summed E-state index contributed by atoms with van der Waals surface area (Å²) in [5, 5.41) is 11.1. The third kappa shape index (κ3) is 5.19. The van der Waals surface area contributed by atoms with Crippen molar-refractivity contribution in [3.8, 4) is 6.07 Å². The molecule has 0 aliphatic rings. The van der Waals surface area contributed by atoms with E-state index in [0.717, 1.165) is 6.07 Å². The van der Waals surface area contributed by atoms with Gasteiger partial charge >= 0.3 is 0 Å². The highest BCUT2D eigenvalue weighted by Crippen LogP contribution is 2.19. The number of nitriles is 1. The highest BCUT2D eigenvalue weighted by molar-refractivity contribution is 5.92. The molecule has 1 N–H and O–H groups in total. The lowest BCUT2D eigenvalue weighted by molar-refractivity contribution is -0.134. The van der Waals surface area contributed by atoms with Crippen LogP contribution in [0.3, 0.4) is 0 Å². The number of nitrogens with one attached hydrogen (secondary N) is 1. The lowest BCUT2D eigenvalue weighted by atomic mass is 10.1. The van der Waals surface area contributed by atoms with E-state index in [-0.39, 0.29) is 19.0 Å². The van der Waals surface area contributed by atoms with E-state index in [1.807, 2.05) is 6.07 Å². The molecule has 9 heteroatoms. The smallest absolute Gasteiger partial charge is 0.238 e. The average molecular weight is 356 g/mol. The van der Waals surface area contributed by atoms with Gasteiger partial charge in [-0.05, 0) is 33.0 Å². The standard InChI is InChI=1S/C16H19F3N4O2/c1-16(2,9-20)23(4)13(25)8-22(3)7-12(24)21-11-6-5-10(17)14(18)15(11)19/h5-6H,7-8H2,1-4H3,(H,21,24). The molecule has 0 heterocycles. The maximum atomic E-state index is 13.5. The van der Waals surface area contributed by atoms with E-state index in [4.69, 9.17) is 5.26 Å². The topological polar surface area (TPSA) is 76.4 Å². The maximum absolute atomic E-state index is 13.5. The molecular formula is C16H19F3N4O2. The lowest BCUT2D eigenvalue weighted by Crippen LogP contribution is -2.48. The highest BCUT2D eigenvalue weighted by atomic mass is 19.2. The Hall–Kier alpha value is -2.60. The monoisotopic (exact) mass is 356 g/mol. The normalized spacial score (nSPS) is 11.2. The first-order valence-corrected chi connectivity index (χ1v) is 7.29. The van der Waals surface area contributed by atoms with Gasteiger partial charge in [-0.2, -0.15) is 5.26 Å². The van der Waals surface area contributed by atoms with E-state index in [2.05, 4.69) is 5.32 Å². The molecule has 1 aromatic carbocycles. The molecule has 6 nitrogen and oxygen atoms in total. The Morgan fingerprint density at radius 2 is 1.76 bits per heavy atom. The van der Waals surface area contributed by atoms with Gasteiger partial charge in [-0.25, -0.2) is 13.2 Å². The number of rotatable bonds is 6. The van der Waals surface area contributed by atoms with Crippen LogP contribution in [0.5, 0.6) is 0 Å². The molecule has 0 saturated carbocycles. The Labute approximate surface area is 143 Å². The van der Waals surface area contributed by atoms with Gasteiger partial charge in [0.2, 0.25) is 11.8 Å². The largest absolute Gasteiger partial charge is 0.326 e. The number of carbonyl (C=O) groups excluding carboxylic acids is 2. The second-order valence-electron chi connectivity index (χ2n) is 6.07. The Balaban J connectivity index is 2.65. The number of likely N-dealkylation sites (N-methyl/N-ethyl adjacent to an activating group) is 2. The van der Waals surface area contributed by atoms with Crippen LogP contribution in [0.2, 0.25) is 0 Å². The molecule has 0 fully saturated rings. The fourth-order valence-corrected chi connectivity index (χ4v) is 1.84. The number of nitrogens with zero attached hydrogens (tertiary/aromatic N) is 3. The number of hydrogen-bond acceptors (Lipinski definition) is 4. The summed E-state index contributed by atoms with van der Waals surface area (Å²) in [6.45, 7) is 2.70. The van der Waals surface area contributed by atoms with Crippen molar-refractivity contribution >= 4 is 17.5 Å². The van der Waals surface area contributed by atoms with E-state index in [9.17, 15) is 22.8 Å². The number of anilines is 1. The number of benzene rings is 1. The molecule has 1 rings (SSSR count). The van der Waals surface area contributed by atoms with Crippen molar-refractivity contribution < 1.29 is 22.8 Å².